The predicted molar refractivity (Wildman–Crippen MR) is 70.2 cm³/mol. The third-order valence-corrected chi connectivity index (χ3v) is 4.06. The predicted octanol–water partition coefficient (Wildman–Crippen LogP) is 1.62. The Morgan fingerprint density at radius 1 is 1.44 bits per heavy atom. The Hall–Kier alpha value is -1.05. The summed E-state index contributed by atoms with van der Waals surface area (Å²) in [6, 6.07) is 4.60. The maximum Gasteiger partial charge on any atom is 0.339 e. The number of ether oxygens (including phenoxy) is 1. The second-order valence-corrected chi connectivity index (χ2v) is 5.86. The molecule has 18 heavy (non-hydrogen) atoms. The van der Waals surface area contributed by atoms with Gasteiger partial charge in [0.25, 0.3) is 0 Å². The van der Waals surface area contributed by atoms with Gasteiger partial charge >= 0.3 is 5.97 Å². The fourth-order valence-electron chi connectivity index (χ4n) is 1.40. The highest BCUT2D eigenvalue weighted by Crippen LogP contribution is 2.27. The Bertz CT molecular complexity index is 540. The number of benzene rings is 1. The SMILES string of the molecule is CCCOC(=O)c1cccc(SC)c1S(N)(=O)=O. The van der Waals surface area contributed by atoms with E-state index in [1.807, 2.05) is 6.92 Å². The summed E-state index contributed by atoms with van der Waals surface area (Å²) >= 11 is 1.21. The average Bonchev–Trinajstić information content (AvgIpc) is 2.33. The molecule has 0 atom stereocenters. The van der Waals surface area contributed by atoms with E-state index in [0.29, 0.717) is 11.3 Å². The van der Waals surface area contributed by atoms with Crippen molar-refractivity contribution in [2.24, 2.45) is 5.14 Å². The van der Waals surface area contributed by atoms with E-state index in [-0.39, 0.29) is 17.1 Å². The lowest BCUT2D eigenvalue weighted by molar-refractivity contribution is 0.0500. The van der Waals surface area contributed by atoms with Crippen LogP contribution in [0.15, 0.2) is 28.0 Å². The van der Waals surface area contributed by atoms with Gasteiger partial charge in [-0.15, -0.1) is 11.8 Å². The van der Waals surface area contributed by atoms with Gasteiger partial charge in [0.2, 0.25) is 10.0 Å². The topological polar surface area (TPSA) is 86.5 Å². The molecule has 0 spiro atoms. The van der Waals surface area contributed by atoms with Crippen LogP contribution in [0.5, 0.6) is 0 Å². The fraction of sp³-hybridized carbons (Fsp3) is 0.364. The van der Waals surface area contributed by atoms with Crippen molar-refractivity contribution in [3.63, 3.8) is 0 Å². The summed E-state index contributed by atoms with van der Waals surface area (Å²) in [5.74, 6) is -0.670. The van der Waals surface area contributed by atoms with Crippen LogP contribution in [-0.2, 0) is 14.8 Å². The second kappa shape index (κ2) is 6.21. The van der Waals surface area contributed by atoms with Gasteiger partial charge in [0.05, 0.1) is 12.2 Å². The highest BCUT2D eigenvalue weighted by molar-refractivity contribution is 7.99. The van der Waals surface area contributed by atoms with Crippen molar-refractivity contribution < 1.29 is 17.9 Å². The molecule has 0 aliphatic carbocycles. The molecule has 0 aliphatic rings. The zero-order valence-corrected chi connectivity index (χ0v) is 11.8. The van der Waals surface area contributed by atoms with Crippen LogP contribution in [-0.4, -0.2) is 27.2 Å². The third-order valence-electron chi connectivity index (χ3n) is 2.14. The van der Waals surface area contributed by atoms with Crippen molar-refractivity contribution in [2.75, 3.05) is 12.9 Å². The smallest absolute Gasteiger partial charge is 0.339 e. The molecule has 0 bridgehead atoms. The van der Waals surface area contributed by atoms with Crippen LogP contribution in [0, 0.1) is 0 Å². The van der Waals surface area contributed by atoms with E-state index in [9.17, 15) is 13.2 Å². The molecular weight excluding hydrogens is 274 g/mol. The molecule has 0 radical (unpaired) electrons. The van der Waals surface area contributed by atoms with Crippen LogP contribution in [0.1, 0.15) is 23.7 Å². The standard InChI is InChI=1S/C11H15NO4S2/c1-3-7-16-11(13)8-5-4-6-9(17-2)10(8)18(12,14)15/h4-6H,3,7H2,1-2H3,(H2,12,14,15). The van der Waals surface area contributed by atoms with Crippen molar-refractivity contribution >= 4 is 27.8 Å². The molecule has 5 nitrogen and oxygen atoms in total. The zero-order chi connectivity index (χ0) is 13.8. The van der Waals surface area contributed by atoms with E-state index < -0.39 is 16.0 Å². The summed E-state index contributed by atoms with van der Waals surface area (Å²) in [5, 5.41) is 5.15. The normalized spacial score (nSPS) is 11.3. The first-order valence-corrected chi connectivity index (χ1v) is 8.05. The maximum atomic E-state index is 11.8. The van der Waals surface area contributed by atoms with Crippen LogP contribution in [0.4, 0.5) is 0 Å². The van der Waals surface area contributed by atoms with Gasteiger partial charge in [-0.05, 0) is 24.8 Å². The number of rotatable bonds is 5. The van der Waals surface area contributed by atoms with Crippen molar-refractivity contribution in [1.29, 1.82) is 0 Å². The molecule has 1 aromatic rings. The Labute approximate surface area is 111 Å². The van der Waals surface area contributed by atoms with Gasteiger partial charge in [-0.2, -0.15) is 0 Å². The first kappa shape index (κ1) is 15.0. The highest BCUT2D eigenvalue weighted by Gasteiger charge is 2.23. The lowest BCUT2D eigenvalue weighted by atomic mass is 10.2. The van der Waals surface area contributed by atoms with Crippen LogP contribution < -0.4 is 5.14 Å². The van der Waals surface area contributed by atoms with Gasteiger partial charge in [0, 0.05) is 4.90 Å². The minimum absolute atomic E-state index is 0.0159. The first-order valence-electron chi connectivity index (χ1n) is 5.28. The average molecular weight is 289 g/mol. The fourth-order valence-corrected chi connectivity index (χ4v) is 3.32. The first-order chi connectivity index (χ1) is 8.41. The van der Waals surface area contributed by atoms with E-state index in [4.69, 9.17) is 9.88 Å². The molecule has 1 rings (SSSR count). The summed E-state index contributed by atoms with van der Waals surface area (Å²) in [6.45, 7) is 2.10. The van der Waals surface area contributed by atoms with Crippen LogP contribution in [0.2, 0.25) is 0 Å². The van der Waals surface area contributed by atoms with Crippen LogP contribution in [0.3, 0.4) is 0 Å². The number of carbonyl (C=O) groups is 1. The Kier molecular flexibility index (Phi) is 5.18. The number of primary sulfonamides is 1. The second-order valence-electron chi connectivity index (χ2n) is 3.52. The largest absolute Gasteiger partial charge is 0.462 e. The van der Waals surface area contributed by atoms with Gasteiger partial charge in [-0.25, -0.2) is 18.4 Å². The molecular formula is C11H15NO4S2. The van der Waals surface area contributed by atoms with E-state index in [1.165, 1.54) is 17.8 Å². The number of hydrogen-bond donors (Lipinski definition) is 1. The number of nitrogens with two attached hydrogens (primary N) is 1. The van der Waals surface area contributed by atoms with E-state index in [0.717, 1.165) is 0 Å². The van der Waals surface area contributed by atoms with Gasteiger partial charge in [-0.1, -0.05) is 13.0 Å². The Morgan fingerprint density at radius 3 is 2.61 bits per heavy atom. The van der Waals surface area contributed by atoms with E-state index >= 15 is 0 Å². The minimum atomic E-state index is -3.97. The lowest BCUT2D eigenvalue weighted by Gasteiger charge is -2.10. The summed E-state index contributed by atoms with van der Waals surface area (Å²) < 4.78 is 28.1. The number of esters is 1. The van der Waals surface area contributed by atoms with E-state index in [1.54, 1.807) is 18.4 Å². The summed E-state index contributed by atoms with van der Waals surface area (Å²) in [6.07, 6.45) is 2.38. The van der Waals surface area contributed by atoms with Gasteiger partial charge in [0.1, 0.15) is 4.90 Å². The molecule has 0 amide bonds. The molecule has 0 aliphatic heterocycles. The molecule has 7 heteroatoms. The monoisotopic (exact) mass is 289 g/mol. The summed E-state index contributed by atoms with van der Waals surface area (Å²) in [4.78, 5) is 12.1. The Morgan fingerprint density at radius 2 is 2.11 bits per heavy atom. The molecule has 2 N–H and O–H groups in total. The lowest BCUT2D eigenvalue weighted by Crippen LogP contribution is -2.19. The number of carbonyl (C=O) groups excluding carboxylic acids is 1. The molecule has 1 aromatic carbocycles. The van der Waals surface area contributed by atoms with Crippen molar-refractivity contribution in [3.8, 4) is 0 Å². The number of thioether (sulfide) groups is 1. The van der Waals surface area contributed by atoms with Crippen LogP contribution in [0.25, 0.3) is 0 Å². The molecule has 0 saturated heterocycles. The molecule has 100 valence electrons. The van der Waals surface area contributed by atoms with Crippen molar-refractivity contribution in [1.82, 2.24) is 0 Å². The molecule has 0 unspecified atom stereocenters. The van der Waals surface area contributed by atoms with Crippen molar-refractivity contribution in [3.05, 3.63) is 23.8 Å². The van der Waals surface area contributed by atoms with Gasteiger partial charge < -0.3 is 4.74 Å². The number of hydrogen-bond acceptors (Lipinski definition) is 5. The highest BCUT2D eigenvalue weighted by atomic mass is 32.2. The summed E-state index contributed by atoms with van der Waals surface area (Å²) in [5.41, 5.74) is -0.0159. The number of sulfonamides is 1. The third kappa shape index (κ3) is 3.47. The molecule has 0 saturated carbocycles. The van der Waals surface area contributed by atoms with E-state index in [2.05, 4.69) is 0 Å². The zero-order valence-electron chi connectivity index (χ0n) is 10.2. The minimum Gasteiger partial charge on any atom is -0.462 e. The Balaban J connectivity index is 3.32. The molecule has 0 heterocycles. The maximum absolute atomic E-state index is 11.8. The quantitative estimate of drug-likeness (QED) is 0.657. The van der Waals surface area contributed by atoms with Gasteiger partial charge in [-0.3, -0.25) is 0 Å². The molecule has 0 fully saturated rings. The molecule has 0 aromatic heterocycles. The van der Waals surface area contributed by atoms with Gasteiger partial charge in [0.15, 0.2) is 0 Å². The van der Waals surface area contributed by atoms with Crippen molar-refractivity contribution in [2.45, 2.75) is 23.1 Å². The summed E-state index contributed by atoms with van der Waals surface area (Å²) in [7, 11) is -3.97. The van der Waals surface area contributed by atoms with Crippen LogP contribution >= 0.6 is 11.8 Å².